The van der Waals surface area contributed by atoms with E-state index in [4.69, 9.17) is 29.1 Å². The average molecular weight is 456 g/mol. The second-order valence-electron chi connectivity index (χ2n) is 7.07. The van der Waals surface area contributed by atoms with Crippen molar-refractivity contribution >= 4 is 46.2 Å². The molecule has 2 aromatic rings. The van der Waals surface area contributed by atoms with Crippen LogP contribution in [-0.4, -0.2) is 16.6 Å². The standard InChI is InChI=1S/C20H14ClF4N3OS/c1-19(2)17(29)27(13-5-4-12(10-26)15(7-13)20(23,24)25)18(30)28(19)14-6-3-11(9-21)16(22)8-14/h3-8H,9H2,1-2H3. The quantitative estimate of drug-likeness (QED) is 0.354. The Labute approximate surface area is 180 Å². The number of nitrogens with zero attached hydrogens (tertiary/aromatic N) is 3. The molecule has 0 atom stereocenters. The summed E-state index contributed by atoms with van der Waals surface area (Å²) in [5.74, 6) is -1.23. The molecule has 0 spiro atoms. The van der Waals surface area contributed by atoms with Crippen molar-refractivity contribution in [2.24, 2.45) is 0 Å². The maximum Gasteiger partial charge on any atom is 0.417 e. The van der Waals surface area contributed by atoms with Gasteiger partial charge in [-0.2, -0.15) is 18.4 Å². The summed E-state index contributed by atoms with van der Waals surface area (Å²) in [6.07, 6.45) is -4.79. The highest BCUT2D eigenvalue weighted by Gasteiger charge is 2.50. The highest BCUT2D eigenvalue weighted by atomic mass is 35.5. The van der Waals surface area contributed by atoms with Crippen LogP contribution in [0.3, 0.4) is 0 Å². The topological polar surface area (TPSA) is 47.3 Å². The summed E-state index contributed by atoms with van der Waals surface area (Å²) in [6.45, 7) is 3.06. The number of nitriles is 1. The molecule has 156 valence electrons. The molecular formula is C20H14ClF4N3OS. The molecule has 3 rings (SSSR count). The number of anilines is 2. The maximum absolute atomic E-state index is 14.3. The van der Waals surface area contributed by atoms with Gasteiger partial charge in [0.2, 0.25) is 0 Å². The minimum absolute atomic E-state index is 0.0452. The minimum atomic E-state index is -4.79. The summed E-state index contributed by atoms with van der Waals surface area (Å²) >= 11 is 11.1. The molecule has 1 saturated heterocycles. The van der Waals surface area contributed by atoms with Crippen LogP contribution in [0.5, 0.6) is 0 Å². The Morgan fingerprint density at radius 1 is 1.17 bits per heavy atom. The molecular weight excluding hydrogens is 442 g/mol. The summed E-state index contributed by atoms with van der Waals surface area (Å²) in [5.41, 5.74) is -2.65. The molecule has 1 amide bonds. The van der Waals surface area contributed by atoms with Crippen LogP contribution >= 0.6 is 23.8 Å². The van der Waals surface area contributed by atoms with Crippen LogP contribution in [0, 0.1) is 17.1 Å². The number of thiocarbonyl (C=S) groups is 1. The van der Waals surface area contributed by atoms with Crippen molar-refractivity contribution in [1.82, 2.24) is 0 Å². The van der Waals surface area contributed by atoms with E-state index in [9.17, 15) is 22.4 Å². The molecule has 0 bridgehead atoms. The largest absolute Gasteiger partial charge is 0.417 e. The number of halogens is 5. The average Bonchev–Trinajstić information content (AvgIpc) is 2.85. The van der Waals surface area contributed by atoms with E-state index in [0.29, 0.717) is 6.07 Å². The smallest absolute Gasteiger partial charge is 0.303 e. The van der Waals surface area contributed by atoms with Gasteiger partial charge in [0.1, 0.15) is 11.4 Å². The number of rotatable bonds is 3. The number of carbonyl (C=O) groups excluding carboxylic acids is 1. The fourth-order valence-electron chi connectivity index (χ4n) is 3.24. The molecule has 1 aliphatic rings. The molecule has 30 heavy (non-hydrogen) atoms. The Hall–Kier alpha value is -2.70. The van der Waals surface area contributed by atoms with E-state index in [2.05, 4.69) is 0 Å². The number of hydrogen-bond donors (Lipinski definition) is 0. The van der Waals surface area contributed by atoms with E-state index in [-0.39, 0.29) is 27.9 Å². The zero-order valence-electron chi connectivity index (χ0n) is 15.7. The van der Waals surface area contributed by atoms with Gasteiger partial charge in [0.05, 0.1) is 28.8 Å². The van der Waals surface area contributed by atoms with E-state index in [1.807, 2.05) is 0 Å². The lowest BCUT2D eigenvalue weighted by Gasteiger charge is -2.29. The maximum atomic E-state index is 14.3. The van der Waals surface area contributed by atoms with Gasteiger partial charge >= 0.3 is 6.18 Å². The predicted octanol–water partition coefficient (Wildman–Crippen LogP) is 5.37. The number of amides is 1. The van der Waals surface area contributed by atoms with E-state index >= 15 is 0 Å². The van der Waals surface area contributed by atoms with Crippen molar-refractivity contribution in [1.29, 1.82) is 5.26 Å². The van der Waals surface area contributed by atoms with Crippen LogP contribution in [0.4, 0.5) is 28.9 Å². The lowest BCUT2D eigenvalue weighted by atomic mass is 10.0. The summed E-state index contributed by atoms with van der Waals surface area (Å²) in [5, 5.41) is 8.86. The molecule has 0 aliphatic carbocycles. The molecule has 1 heterocycles. The molecule has 4 nitrogen and oxygen atoms in total. The molecule has 0 aromatic heterocycles. The van der Waals surface area contributed by atoms with Gasteiger partial charge in [-0.15, -0.1) is 11.6 Å². The Morgan fingerprint density at radius 2 is 1.80 bits per heavy atom. The fraction of sp³-hybridized carbons (Fsp3) is 0.250. The van der Waals surface area contributed by atoms with E-state index in [0.717, 1.165) is 11.0 Å². The normalized spacial score (nSPS) is 16.2. The van der Waals surface area contributed by atoms with E-state index in [1.165, 1.54) is 49.1 Å². The van der Waals surface area contributed by atoms with E-state index < -0.39 is 34.6 Å². The van der Waals surface area contributed by atoms with Gasteiger partial charge in [-0.25, -0.2) is 4.39 Å². The van der Waals surface area contributed by atoms with Crippen LogP contribution in [0.15, 0.2) is 36.4 Å². The van der Waals surface area contributed by atoms with Gasteiger partial charge in [0, 0.05) is 11.3 Å². The van der Waals surface area contributed by atoms with Crippen molar-refractivity contribution < 1.29 is 22.4 Å². The Balaban J connectivity index is 2.11. The monoisotopic (exact) mass is 455 g/mol. The molecule has 0 N–H and O–H groups in total. The van der Waals surface area contributed by atoms with Crippen LogP contribution in [0.25, 0.3) is 0 Å². The highest BCUT2D eigenvalue weighted by Crippen LogP contribution is 2.39. The third-order valence-corrected chi connectivity index (χ3v) is 5.45. The summed E-state index contributed by atoms with van der Waals surface area (Å²) in [4.78, 5) is 15.4. The molecule has 1 aliphatic heterocycles. The molecule has 1 fully saturated rings. The molecule has 0 saturated carbocycles. The van der Waals surface area contributed by atoms with Crippen molar-refractivity contribution in [3.05, 3.63) is 58.9 Å². The van der Waals surface area contributed by atoms with Gasteiger partial charge in [-0.05, 0) is 56.4 Å². The third kappa shape index (κ3) is 3.50. The SMILES string of the molecule is CC1(C)C(=O)N(c2ccc(C#N)c(C(F)(F)F)c2)C(=S)N1c1ccc(CCl)c(F)c1. The van der Waals surface area contributed by atoms with Crippen LogP contribution in [-0.2, 0) is 16.9 Å². The van der Waals surface area contributed by atoms with E-state index in [1.54, 1.807) is 0 Å². The highest BCUT2D eigenvalue weighted by molar-refractivity contribution is 7.81. The second kappa shape index (κ2) is 7.52. The van der Waals surface area contributed by atoms with Crippen molar-refractivity contribution in [2.45, 2.75) is 31.4 Å². The summed E-state index contributed by atoms with van der Waals surface area (Å²) in [7, 11) is 0. The minimum Gasteiger partial charge on any atom is -0.303 e. The Bertz CT molecular complexity index is 1090. The molecule has 2 aromatic carbocycles. The van der Waals surface area contributed by atoms with Crippen molar-refractivity contribution in [2.75, 3.05) is 9.80 Å². The fourth-order valence-corrected chi connectivity index (χ4v) is 3.98. The molecule has 0 radical (unpaired) electrons. The third-order valence-electron chi connectivity index (χ3n) is 4.79. The van der Waals surface area contributed by atoms with Gasteiger partial charge in [0.25, 0.3) is 5.91 Å². The zero-order valence-corrected chi connectivity index (χ0v) is 17.3. The molecule has 10 heteroatoms. The summed E-state index contributed by atoms with van der Waals surface area (Å²) < 4.78 is 54.3. The van der Waals surface area contributed by atoms with Gasteiger partial charge in [-0.3, -0.25) is 9.69 Å². The van der Waals surface area contributed by atoms with Crippen LogP contribution in [0.2, 0.25) is 0 Å². The van der Waals surface area contributed by atoms with Crippen molar-refractivity contribution in [3.8, 4) is 6.07 Å². The van der Waals surface area contributed by atoms with Crippen molar-refractivity contribution in [3.63, 3.8) is 0 Å². The molecule has 0 unspecified atom stereocenters. The lowest BCUT2D eigenvalue weighted by molar-refractivity contribution is -0.137. The first-order chi connectivity index (χ1) is 13.9. The van der Waals surface area contributed by atoms with Gasteiger partial charge in [0.15, 0.2) is 5.11 Å². The number of hydrogen-bond acceptors (Lipinski definition) is 3. The first-order valence-corrected chi connectivity index (χ1v) is 9.52. The van der Waals surface area contributed by atoms with Crippen LogP contribution in [0.1, 0.15) is 30.5 Å². The van der Waals surface area contributed by atoms with Gasteiger partial charge in [-0.1, -0.05) is 6.07 Å². The first kappa shape index (κ1) is 22.0. The second-order valence-corrected chi connectivity index (χ2v) is 7.70. The van der Waals surface area contributed by atoms with Gasteiger partial charge < -0.3 is 4.90 Å². The number of benzene rings is 2. The Morgan fingerprint density at radius 3 is 2.33 bits per heavy atom. The summed E-state index contributed by atoms with van der Waals surface area (Å²) in [6, 6.07) is 8.55. The zero-order chi connectivity index (χ0) is 22.4. The Kier molecular flexibility index (Phi) is 5.52. The van der Waals surface area contributed by atoms with Crippen LogP contribution < -0.4 is 9.80 Å². The number of alkyl halides is 4. The lowest BCUT2D eigenvalue weighted by Crippen LogP contribution is -2.44. The number of carbonyl (C=O) groups is 1. The first-order valence-electron chi connectivity index (χ1n) is 8.58. The predicted molar refractivity (Wildman–Crippen MR) is 109 cm³/mol.